The van der Waals surface area contributed by atoms with Crippen molar-refractivity contribution in [1.29, 1.82) is 0 Å². The molecule has 2 aromatic heterocycles. The Labute approximate surface area is 112 Å². The second-order valence-electron chi connectivity index (χ2n) is 4.89. The van der Waals surface area contributed by atoms with Crippen molar-refractivity contribution in [3.05, 3.63) is 35.5 Å². The second-order valence-corrected chi connectivity index (χ2v) is 4.89. The van der Waals surface area contributed by atoms with E-state index >= 15 is 0 Å². The first-order valence-electron chi connectivity index (χ1n) is 6.77. The van der Waals surface area contributed by atoms with Crippen LogP contribution in [-0.4, -0.2) is 34.2 Å². The number of hydrogen-bond acceptors (Lipinski definition) is 4. The van der Waals surface area contributed by atoms with Crippen LogP contribution in [0.4, 0.5) is 5.95 Å². The van der Waals surface area contributed by atoms with Gasteiger partial charge in [-0.05, 0) is 37.9 Å². The SMILES string of the molecule is Cc1cccn2nc(NCCC3=CCNCC3)nc12. The highest BCUT2D eigenvalue weighted by Crippen LogP contribution is 2.12. The minimum absolute atomic E-state index is 0.712. The number of hydrogen-bond donors (Lipinski definition) is 2. The number of aromatic nitrogens is 3. The molecule has 1 aliphatic rings. The van der Waals surface area contributed by atoms with Crippen molar-refractivity contribution in [2.75, 3.05) is 25.0 Å². The van der Waals surface area contributed by atoms with E-state index < -0.39 is 0 Å². The topological polar surface area (TPSA) is 54.2 Å². The highest BCUT2D eigenvalue weighted by Gasteiger charge is 2.06. The molecule has 0 bridgehead atoms. The molecule has 100 valence electrons. The minimum Gasteiger partial charge on any atom is -0.353 e. The van der Waals surface area contributed by atoms with Crippen molar-refractivity contribution in [2.45, 2.75) is 19.8 Å². The average Bonchev–Trinajstić information content (AvgIpc) is 2.84. The summed E-state index contributed by atoms with van der Waals surface area (Å²) in [6.45, 7) is 5.04. The number of anilines is 1. The largest absolute Gasteiger partial charge is 0.353 e. The van der Waals surface area contributed by atoms with Gasteiger partial charge in [0.1, 0.15) is 0 Å². The van der Waals surface area contributed by atoms with E-state index in [1.165, 1.54) is 5.57 Å². The summed E-state index contributed by atoms with van der Waals surface area (Å²) in [7, 11) is 0. The molecule has 0 unspecified atom stereocenters. The molecule has 3 rings (SSSR count). The Bertz CT molecular complexity index is 599. The smallest absolute Gasteiger partial charge is 0.243 e. The maximum atomic E-state index is 4.50. The molecule has 1 aliphatic heterocycles. The van der Waals surface area contributed by atoms with Gasteiger partial charge >= 0.3 is 0 Å². The fourth-order valence-electron chi connectivity index (χ4n) is 2.35. The van der Waals surface area contributed by atoms with Crippen LogP contribution in [0, 0.1) is 6.92 Å². The summed E-state index contributed by atoms with van der Waals surface area (Å²) >= 11 is 0. The summed E-state index contributed by atoms with van der Waals surface area (Å²) in [5.74, 6) is 0.712. The van der Waals surface area contributed by atoms with E-state index in [0.29, 0.717) is 5.95 Å². The second kappa shape index (κ2) is 5.40. The molecule has 0 spiro atoms. The highest BCUT2D eigenvalue weighted by atomic mass is 15.3. The Balaban J connectivity index is 1.62. The molecule has 0 aromatic carbocycles. The molecule has 2 N–H and O–H groups in total. The van der Waals surface area contributed by atoms with Gasteiger partial charge in [0.2, 0.25) is 5.95 Å². The van der Waals surface area contributed by atoms with Crippen molar-refractivity contribution >= 4 is 11.6 Å². The van der Waals surface area contributed by atoms with Crippen LogP contribution < -0.4 is 10.6 Å². The Morgan fingerprint density at radius 2 is 2.42 bits per heavy atom. The van der Waals surface area contributed by atoms with Gasteiger partial charge in [0.15, 0.2) is 5.65 Å². The van der Waals surface area contributed by atoms with E-state index in [0.717, 1.165) is 43.7 Å². The molecule has 0 fully saturated rings. The number of nitrogens with zero attached hydrogens (tertiary/aromatic N) is 3. The molecule has 0 saturated carbocycles. The molecule has 19 heavy (non-hydrogen) atoms. The third-order valence-corrected chi connectivity index (χ3v) is 3.44. The van der Waals surface area contributed by atoms with Crippen LogP contribution in [0.25, 0.3) is 5.65 Å². The zero-order valence-electron chi connectivity index (χ0n) is 11.2. The maximum absolute atomic E-state index is 4.50. The zero-order chi connectivity index (χ0) is 13.1. The summed E-state index contributed by atoms with van der Waals surface area (Å²) < 4.78 is 1.82. The first-order chi connectivity index (χ1) is 9.33. The average molecular weight is 257 g/mol. The molecule has 0 radical (unpaired) electrons. The number of pyridine rings is 1. The first kappa shape index (κ1) is 12.2. The molecule has 0 aliphatic carbocycles. The lowest BCUT2D eigenvalue weighted by atomic mass is 10.1. The summed E-state index contributed by atoms with van der Waals surface area (Å²) in [5.41, 5.74) is 3.58. The molecule has 2 aromatic rings. The van der Waals surface area contributed by atoms with Gasteiger partial charge in [-0.15, -0.1) is 5.10 Å². The predicted molar refractivity (Wildman–Crippen MR) is 76.4 cm³/mol. The third kappa shape index (κ3) is 2.76. The predicted octanol–water partition coefficient (Wildman–Crippen LogP) is 1.76. The molecule has 0 saturated heterocycles. The summed E-state index contributed by atoms with van der Waals surface area (Å²) in [6.07, 6.45) is 6.43. The standard InChI is InChI=1S/C14H19N5/c1-11-3-2-10-19-13(11)17-14(18-19)16-9-6-12-4-7-15-8-5-12/h2-4,10,15H,5-9H2,1H3,(H,16,18). The summed E-state index contributed by atoms with van der Waals surface area (Å²) in [5, 5.41) is 11.0. The monoisotopic (exact) mass is 257 g/mol. The Morgan fingerprint density at radius 3 is 3.21 bits per heavy atom. The maximum Gasteiger partial charge on any atom is 0.243 e. The van der Waals surface area contributed by atoms with Crippen LogP contribution in [0.2, 0.25) is 0 Å². The lowest BCUT2D eigenvalue weighted by molar-refractivity contribution is 0.683. The van der Waals surface area contributed by atoms with Gasteiger partial charge in [-0.2, -0.15) is 4.98 Å². The fourth-order valence-corrected chi connectivity index (χ4v) is 2.35. The summed E-state index contributed by atoms with van der Waals surface area (Å²) in [4.78, 5) is 4.50. The van der Waals surface area contributed by atoms with Crippen LogP contribution >= 0.6 is 0 Å². The number of nitrogens with one attached hydrogen (secondary N) is 2. The Kier molecular flexibility index (Phi) is 3.46. The number of rotatable bonds is 4. The number of fused-ring (bicyclic) bond motifs is 1. The van der Waals surface area contributed by atoms with Gasteiger partial charge in [-0.1, -0.05) is 17.7 Å². The lowest BCUT2D eigenvalue weighted by Crippen LogP contribution is -2.21. The van der Waals surface area contributed by atoms with Gasteiger partial charge in [0.05, 0.1) is 0 Å². The van der Waals surface area contributed by atoms with Gasteiger partial charge in [0, 0.05) is 19.3 Å². The lowest BCUT2D eigenvalue weighted by Gasteiger charge is -2.13. The van der Waals surface area contributed by atoms with Crippen LogP contribution in [0.15, 0.2) is 30.0 Å². The normalized spacial score (nSPS) is 15.5. The Morgan fingerprint density at radius 1 is 1.47 bits per heavy atom. The molecule has 5 nitrogen and oxygen atoms in total. The fraction of sp³-hybridized carbons (Fsp3) is 0.429. The highest BCUT2D eigenvalue weighted by molar-refractivity contribution is 5.49. The van der Waals surface area contributed by atoms with Gasteiger partial charge in [0.25, 0.3) is 0 Å². The summed E-state index contributed by atoms with van der Waals surface area (Å²) in [6, 6.07) is 4.04. The van der Waals surface area contributed by atoms with Crippen LogP contribution in [-0.2, 0) is 0 Å². The zero-order valence-corrected chi connectivity index (χ0v) is 11.2. The molecule has 5 heteroatoms. The molecular formula is C14H19N5. The van der Waals surface area contributed by atoms with E-state index in [-0.39, 0.29) is 0 Å². The van der Waals surface area contributed by atoms with E-state index in [9.17, 15) is 0 Å². The van der Waals surface area contributed by atoms with Crippen LogP contribution in [0.5, 0.6) is 0 Å². The first-order valence-corrected chi connectivity index (χ1v) is 6.77. The molecular weight excluding hydrogens is 238 g/mol. The van der Waals surface area contributed by atoms with Gasteiger partial charge in [-0.25, -0.2) is 4.52 Å². The van der Waals surface area contributed by atoms with Crippen molar-refractivity contribution in [1.82, 2.24) is 19.9 Å². The third-order valence-electron chi connectivity index (χ3n) is 3.44. The van der Waals surface area contributed by atoms with Gasteiger partial charge < -0.3 is 10.6 Å². The van der Waals surface area contributed by atoms with Crippen molar-refractivity contribution in [3.8, 4) is 0 Å². The quantitative estimate of drug-likeness (QED) is 0.820. The van der Waals surface area contributed by atoms with Crippen LogP contribution in [0.1, 0.15) is 18.4 Å². The Hall–Kier alpha value is -1.88. The van der Waals surface area contributed by atoms with E-state index in [2.05, 4.69) is 26.8 Å². The van der Waals surface area contributed by atoms with Crippen molar-refractivity contribution in [3.63, 3.8) is 0 Å². The van der Waals surface area contributed by atoms with E-state index in [4.69, 9.17) is 0 Å². The minimum atomic E-state index is 0.712. The van der Waals surface area contributed by atoms with E-state index in [1.54, 1.807) is 0 Å². The molecule has 0 amide bonds. The van der Waals surface area contributed by atoms with Crippen molar-refractivity contribution < 1.29 is 0 Å². The number of aryl methyl sites for hydroxylation is 1. The van der Waals surface area contributed by atoms with Crippen LogP contribution in [0.3, 0.4) is 0 Å². The molecule has 3 heterocycles. The molecule has 0 atom stereocenters. The van der Waals surface area contributed by atoms with E-state index in [1.807, 2.05) is 29.8 Å². The van der Waals surface area contributed by atoms with Crippen molar-refractivity contribution in [2.24, 2.45) is 0 Å². The van der Waals surface area contributed by atoms with Gasteiger partial charge in [-0.3, -0.25) is 0 Å².